The lowest BCUT2D eigenvalue weighted by atomic mass is 9.88. The Balaban J connectivity index is 1.89. The zero-order valence-corrected chi connectivity index (χ0v) is 8.77. The van der Waals surface area contributed by atoms with Gasteiger partial charge in [0, 0.05) is 17.3 Å². The predicted octanol–water partition coefficient (Wildman–Crippen LogP) is -0.719. The van der Waals surface area contributed by atoms with Crippen molar-refractivity contribution in [2.45, 2.75) is 30.9 Å². The van der Waals surface area contributed by atoms with E-state index in [4.69, 9.17) is 4.74 Å². The second kappa shape index (κ2) is 4.24. The molecule has 2 aliphatic heterocycles. The summed E-state index contributed by atoms with van der Waals surface area (Å²) in [5, 5.41) is 3.27. The fourth-order valence-corrected chi connectivity index (χ4v) is 2.71. The molecule has 2 saturated heterocycles. The van der Waals surface area contributed by atoms with E-state index in [-0.39, 0.29) is 11.6 Å². The van der Waals surface area contributed by atoms with Crippen LogP contribution in [-0.4, -0.2) is 40.1 Å². The Labute approximate surface area is 86.0 Å². The summed E-state index contributed by atoms with van der Waals surface area (Å²) in [5.41, 5.74) is -0.0672. The summed E-state index contributed by atoms with van der Waals surface area (Å²) in [6.07, 6.45) is 2.77. The molecule has 0 saturated carbocycles. The molecule has 0 radical (unpaired) electrons. The van der Waals surface area contributed by atoms with Crippen LogP contribution in [0.25, 0.3) is 0 Å². The molecule has 0 aromatic rings. The largest absolute Gasteiger partial charge is 0.760 e. The molecule has 1 spiro atoms. The molecule has 82 valence electrons. The molecule has 2 atom stereocenters. The van der Waals surface area contributed by atoms with Crippen LogP contribution in [0.3, 0.4) is 0 Å². The van der Waals surface area contributed by atoms with Gasteiger partial charge < -0.3 is 14.6 Å². The highest BCUT2D eigenvalue weighted by atomic mass is 32.2. The summed E-state index contributed by atoms with van der Waals surface area (Å²) in [4.78, 5) is 0. The van der Waals surface area contributed by atoms with Crippen LogP contribution in [0.2, 0.25) is 0 Å². The minimum absolute atomic E-state index is 0.0357. The average Bonchev–Trinajstić information content (AvgIpc) is 2.49. The van der Waals surface area contributed by atoms with Crippen LogP contribution >= 0.6 is 0 Å². The van der Waals surface area contributed by atoms with E-state index >= 15 is 0 Å². The maximum Gasteiger partial charge on any atom is 0.0723 e. The van der Waals surface area contributed by atoms with Crippen LogP contribution in [0.4, 0.5) is 0 Å². The Kier molecular flexibility index (Phi) is 3.18. The summed E-state index contributed by atoms with van der Waals surface area (Å²) >= 11 is -2.17. The zero-order chi connectivity index (χ0) is 10.0. The van der Waals surface area contributed by atoms with Gasteiger partial charge in [0.2, 0.25) is 0 Å². The first-order valence-electron chi connectivity index (χ1n) is 4.90. The number of nitrogens with one attached hydrogen (secondary N) is 2. The summed E-state index contributed by atoms with van der Waals surface area (Å²) in [5.74, 6) is 0. The first-order chi connectivity index (χ1) is 6.70. The van der Waals surface area contributed by atoms with Crippen LogP contribution in [0.5, 0.6) is 0 Å². The molecule has 2 fully saturated rings. The van der Waals surface area contributed by atoms with Crippen LogP contribution in [0, 0.1) is 0 Å². The van der Waals surface area contributed by atoms with Gasteiger partial charge in [-0.05, 0) is 32.4 Å². The van der Waals surface area contributed by atoms with Crippen molar-refractivity contribution in [1.82, 2.24) is 10.0 Å². The molecule has 14 heavy (non-hydrogen) atoms. The lowest BCUT2D eigenvalue weighted by Crippen LogP contribution is -2.42. The first kappa shape index (κ1) is 10.5. The molecule has 5 nitrogen and oxygen atoms in total. The molecule has 2 rings (SSSR count). The lowest BCUT2D eigenvalue weighted by Gasteiger charge is -2.32. The van der Waals surface area contributed by atoms with Gasteiger partial charge in [-0.3, -0.25) is 4.21 Å². The molecule has 0 amide bonds. The van der Waals surface area contributed by atoms with E-state index < -0.39 is 11.3 Å². The Morgan fingerprint density at radius 2 is 2.21 bits per heavy atom. The van der Waals surface area contributed by atoms with Crippen molar-refractivity contribution in [2.75, 3.05) is 19.7 Å². The lowest BCUT2D eigenvalue weighted by molar-refractivity contribution is -0.0193. The third-order valence-corrected chi connectivity index (χ3v) is 3.51. The van der Waals surface area contributed by atoms with Crippen LogP contribution in [-0.2, 0) is 16.0 Å². The van der Waals surface area contributed by atoms with Crippen molar-refractivity contribution in [3.63, 3.8) is 0 Å². The number of piperidine rings is 1. The normalized spacial score (nSPS) is 33.4. The molecule has 0 aromatic carbocycles. The van der Waals surface area contributed by atoms with E-state index in [0.717, 1.165) is 32.4 Å². The maximum atomic E-state index is 10.4. The minimum atomic E-state index is -2.17. The molecule has 0 aromatic heterocycles. The number of hydrogen-bond donors (Lipinski definition) is 2. The van der Waals surface area contributed by atoms with Gasteiger partial charge in [-0.2, -0.15) is 0 Å². The van der Waals surface area contributed by atoms with E-state index in [1.54, 1.807) is 0 Å². The van der Waals surface area contributed by atoms with Gasteiger partial charge in [-0.25, -0.2) is 4.72 Å². The second-order valence-electron chi connectivity index (χ2n) is 4.00. The monoisotopic (exact) mass is 219 g/mol. The van der Waals surface area contributed by atoms with E-state index in [2.05, 4.69) is 10.0 Å². The van der Waals surface area contributed by atoms with Gasteiger partial charge in [0.25, 0.3) is 0 Å². The van der Waals surface area contributed by atoms with Gasteiger partial charge in [0.05, 0.1) is 12.2 Å². The molecular formula is C8H15N2O3S-. The van der Waals surface area contributed by atoms with Crippen molar-refractivity contribution < 1.29 is 13.5 Å². The summed E-state index contributed by atoms with van der Waals surface area (Å²) in [6, 6.07) is -0.0357. The maximum absolute atomic E-state index is 10.4. The third-order valence-electron chi connectivity index (χ3n) is 2.99. The summed E-state index contributed by atoms with van der Waals surface area (Å²) < 4.78 is 29.1. The van der Waals surface area contributed by atoms with Gasteiger partial charge in [0.1, 0.15) is 0 Å². The standard InChI is InChI=1S/C8H16N2O3S/c11-14(12)10-7-5-8(13-6-7)1-3-9-4-2-8/h7,9-10H,1-6H2,(H,11,12)/p-1. The quantitative estimate of drug-likeness (QED) is 0.601. The van der Waals surface area contributed by atoms with Gasteiger partial charge in [-0.15, -0.1) is 0 Å². The molecule has 2 N–H and O–H groups in total. The Morgan fingerprint density at radius 3 is 2.86 bits per heavy atom. The molecule has 2 unspecified atom stereocenters. The number of rotatable bonds is 2. The van der Waals surface area contributed by atoms with Crippen molar-refractivity contribution in [2.24, 2.45) is 0 Å². The topological polar surface area (TPSA) is 73.4 Å². The average molecular weight is 219 g/mol. The number of ether oxygens (including phenoxy) is 1. The van der Waals surface area contributed by atoms with Crippen molar-refractivity contribution in [3.8, 4) is 0 Å². The minimum Gasteiger partial charge on any atom is -0.760 e. The molecule has 6 heteroatoms. The second-order valence-corrected chi connectivity index (χ2v) is 4.70. The van der Waals surface area contributed by atoms with Crippen molar-refractivity contribution in [3.05, 3.63) is 0 Å². The Hall–Kier alpha value is -0.0100. The van der Waals surface area contributed by atoms with E-state index in [9.17, 15) is 8.76 Å². The predicted molar refractivity (Wildman–Crippen MR) is 51.2 cm³/mol. The fraction of sp³-hybridized carbons (Fsp3) is 1.00. The zero-order valence-electron chi connectivity index (χ0n) is 7.95. The highest BCUT2D eigenvalue weighted by Gasteiger charge is 2.40. The molecular weight excluding hydrogens is 204 g/mol. The van der Waals surface area contributed by atoms with E-state index in [1.807, 2.05) is 0 Å². The third kappa shape index (κ3) is 2.32. The molecule has 0 aliphatic carbocycles. The fourth-order valence-electron chi connectivity index (χ4n) is 2.29. The SMILES string of the molecule is O=S([O-])NC1COC2(CCNCC2)C1. The smallest absolute Gasteiger partial charge is 0.0723 e. The van der Waals surface area contributed by atoms with Crippen molar-refractivity contribution in [1.29, 1.82) is 0 Å². The molecule has 2 heterocycles. The van der Waals surface area contributed by atoms with E-state index in [0.29, 0.717) is 6.61 Å². The Morgan fingerprint density at radius 1 is 1.50 bits per heavy atom. The number of hydrogen-bond acceptors (Lipinski definition) is 4. The van der Waals surface area contributed by atoms with Gasteiger partial charge >= 0.3 is 0 Å². The Bertz CT molecular complexity index is 231. The highest BCUT2D eigenvalue weighted by Crippen LogP contribution is 2.33. The molecule has 2 aliphatic rings. The van der Waals surface area contributed by atoms with Crippen LogP contribution in [0.1, 0.15) is 19.3 Å². The molecule has 0 bridgehead atoms. The van der Waals surface area contributed by atoms with Crippen LogP contribution in [0.15, 0.2) is 0 Å². The van der Waals surface area contributed by atoms with Crippen molar-refractivity contribution >= 4 is 11.3 Å². The van der Waals surface area contributed by atoms with Gasteiger partial charge in [-0.1, -0.05) is 0 Å². The van der Waals surface area contributed by atoms with Gasteiger partial charge in [0.15, 0.2) is 0 Å². The first-order valence-corrected chi connectivity index (χ1v) is 5.98. The van der Waals surface area contributed by atoms with Crippen LogP contribution < -0.4 is 10.0 Å². The summed E-state index contributed by atoms with van der Waals surface area (Å²) in [7, 11) is 0. The summed E-state index contributed by atoms with van der Waals surface area (Å²) in [6.45, 7) is 2.44. The highest BCUT2D eigenvalue weighted by molar-refractivity contribution is 7.77. The van der Waals surface area contributed by atoms with E-state index in [1.165, 1.54) is 0 Å².